The highest BCUT2D eigenvalue weighted by molar-refractivity contribution is 7.99. The summed E-state index contributed by atoms with van der Waals surface area (Å²) >= 11 is 3.05. The molecule has 0 spiro atoms. The first kappa shape index (κ1) is 23.2. The van der Waals surface area contributed by atoms with E-state index in [1.54, 1.807) is 0 Å². The van der Waals surface area contributed by atoms with Crippen molar-refractivity contribution in [3.63, 3.8) is 0 Å². The van der Waals surface area contributed by atoms with Gasteiger partial charge in [0.1, 0.15) is 10.6 Å². The van der Waals surface area contributed by atoms with E-state index < -0.39 is 0 Å². The van der Waals surface area contributed by atoms with E-state index in [2.05, 4.69) is 61.5 Å². The third kappa shape index (κ3) is 4.93. The van der Waals surface area contributed by atoms with Crippen molar-refractivity contribution in [3.8, 4) is 16.9 Å². The normalized spacial score (nSPS) is 13.7. The lowest BCUT2D eigenvalue weighted by Crippen LogP contribution is -2.11. The number of H-pyrrole nitrogens is 1. The largest absolute Gasteiger partial charge is 0.493 e. The molecule has 1 aliphatic rings. The van der Waals surface area contributed by atoms with E-state index >= 15 is 0 Å². The Balaban J connectivity index is 1.26. The van der Waals surface area contributed by atoms with Gasteiger partial charge in [0.25, 0.3) is 5.56 Å². The van der Waals surface area contributed by atoms with Crippen LogP contribution in [-0.2, 0) is 18.3 Å². The zero-order valence-electron chi connectivity index (χ0n) is 19.9. The van der Waals surface area contributed by atoms with E-state index in [1.165, 1.54) is 52.6 Å². The topological polar surface area (TPSA) is 55.0 Å². The number of aryl methyl sites for hydroxylation is 2. The van der Waals surface area contributed by atoms with Gasteiger partial charge in [-0.15, -0.1) is 11.3 Å². The molecule has 4 nitrogen and oxygen atoms in total. The minimum Gasteiger partial charge on any atom is -0.493 e. The number of hydrogen-bond donors (Lipinski definition) is 1. The summed E-state index contributed by atoms with van der Waals surface area (Å²) in [6.07, 6.45) is 4.81. The van der Waals surface area contributed by atoms with Crippen LogP contribution in [0.25, 0.3) is 21.3 Å². The number of nitrogens with zero attached hydrogens (tertiary/aromatic N) is 1. The summed E-state index contributed by atoms with van der Waals surface area (Å²) in [5, 5.41) is 3.40. The summed E-state index contributed by atoms with van der Waals surface area (Å²) in [7, 11) is 0. The number of benzene rings is 2. The molecule has 2 heterocycles. The Bertz CT molecular complexity index is 1360. The number of hydrogen-bond acceptors (Lipinski definition) is 5. The predicted molar refractivity (Wildman–Crippen MR) is 144 cm³/mol. The van der Waals surface area contributed by atoms with E-state index in [-0.39, 0.29) is 11.0 Å². The Morgan fingerprint density at radius 3 is 2.59 bits per heavy atom. The Morgan fingerprint density at radius 1 is 1.06 bits per heavy atom. The van der Waals surface area contributed by atoms with Crippen molar-refractivity contribution < 1.29 is 4.74 Å². The molecule has 34 heavy (non-hydrogen) atoms. The molecule has 0 amide bonds. The fourth-order valence-electron chi connectivity index (χ4n) is 4.46. The van der Waals surface area contributed by atoms with Crippen molar-refractivity contribution in [3.05, 3.63) is 74.9 Å². The lowest BCUT2D eigenvalue weighted by atomic mass is 9.87. The van der Waals surface area contributed by atoms with Crippen LogP contribution in [0.4, 0.5) is 0 Å². The summed E-state index contributed by atoms with van der Waals surface area (Å²) < 4.78 is 5.88. The molecule has 5 rings (SSSR count). The fourth-order valence-corrected chi connectivity index (χ4v) is 6.15. The van der Waals surface area contributed by atoms with Crippen molar-refractivity contribution in [1.82, 2.24) is 9.97 Å². The number of fused-ring (bicyclic) bond motifs is 2. The second-order valence-corrected chi connectivity index (χ2v) is 11.8. The molecule has 176 valence electrons. The van der Waals surface area contributed by atoms with Gasteiger partial charge in [0.15, 0.2) is 5.16 Å². The van der Waals surface area contributed by atoms with E-state index in [1.807, 2.05) is 12.1 Å². The van der Waals surface area contributed by atoms with Gasteiger partial charge >= 0.3 is 0 Å². The van der Waals surface area contributed by atoms with Gasteiger partial charge in [-0.1, -0.05) is 62.9 Å². The summed E-state index contributed by atoms with van der Waals surface area (Å²) in [5.41, 5.74) is 6.33. The second kappa shape index (κ2) is 9.59. The SMILES string of the molecule is CC(C)(C)c1ccc(OCCSc2nc3scc(-c4ccc5c(c4)CCCC5)c3c(=O)[nH]2)cc1. The van der Waals surface area contributed by atoms with Gasteiger partial charge in [-0.3, -0.25) is 4.79 Å². The molecule has 1 aliphatic carbocycles. The van der Waals surface area contributed by atoms with Crippen LogP contribution in [0.15, 0.2) is 57.8 Å². The molecule has 6 heteroatoms. The zero-order valence-corrected chi connectivity index (χ0v) is 21.6. The molecule has 4 aromatic rings. The van der Waals surface area contributed by atoms with E-state index in [4.69, 9.17) is 9.72 Å². The third-order valence-electron chi connectivity index (χ3n) is 6.39. The molecule has 0 radical (unpaired) electrons. The number of aromatic nitrogens is 2. The quantitative estimate of drug-likeness (QED) is 0.180. The van der Waals surface area contributed by atoms with Crippen LogP contribution < -0.4 is 10.3 Å². The summed E-state index contributed by atoms with van der Waals surface area (Å²) in [6, 6.07) is 14.9. The molecule has 0 aliphatic heterocycles. The van der Waals surface area contributed by atoms with E-state index in [9.17, 15) is 4.79 Å². The lowest BCUT2D eigenvalue weighted by Gasteiger charge is -2.19. The number of nitrogens with one attached hydrogen (secondary N) is 1. The first-order valence-electron chi connectivity index (χ1n) is 11.9. The Hall–Kier alpha value is -2.57. The third-order valence-corrected chi connectivity index (χ3v) is 8.10. The number of thioether (sulfide) groups is 1. The number of ether oxygens (including phenoxy) is 1. The smallest absolute Gasteiger partial charge is 0.260 e. The van der Waals surface area contributed by atoms with E-state index in [0.29, 0.717) is 22.9 Å². The van der Waals surface area contributed by atoms with Gasteiger partial charge in [0.05, 0.1) is 12.0 Å². The van der Waals surface area contributed by atoms with Gasteiger partial charge in [-0.2, -0.15) is 0 Å². The van der Waals surface area contributed by atoms with Crippen molar-refractivity contribution in [1.29, 1.82) is 0 Å². The maximum atomic E-state index is 13.0. The van der Waals surface area contributed by atoms with Gasteiger partial charge in [-0.05, 0) is 65.5 Å². The van der Waals surface area contributed by atoms with Crippen molar-refractivity contribution >= 4 is 33.3 Å². The highest BCUT2D eigenvalue weighted by atomic mass is 32.2. The number of rotatable bonds is 6. The van der Waals surface area contributed by atoms with Crippen LogP contribution in [-0.4, -0.2) is 22.3 Å². The molecular formula is C28H30N2O2S2. The Morgan fingerprint density at radius 2 is 1.82 bits per heavy atom. The van der Waals surface area contributed by atoms with Crippen molar-refractivity contribution in [2.45, 2.75) is 57.0 Å². The summed E-state index contributed by atoms with van der Waals surface area (Å²) in [4.78, 5) is 21.5. The van der Waals surface area contributed by atoms with Crippen molar-refractivity contribution in [2.24, 2.45) is 0 Å². The first-order valence-corrected chi connectivity index (χ1v) is 13.7. The minimum atomic E-state index is -0.0693. The average molecular weight is 491 g/mol. The highest BCUT2D eigenvalue weighted by Crippen LogP contribution is 2.34. The van der Waals surface area contributed by atoms with Gasteiger partial charge in [0.2, 0.25) is 0 Å². The molecule has 0 saturated carbocycles. The number of aromatic amines is 1. The van der Waals surface area contributed by atoms with Gasteiger partial charge in [0, 0.05) is 16.7 Å². The lowest BCUT2D eigenvalue weighted by molar-refractivity contribution is 0.343. The maximum absolute atomic E-state index is 13.0. The molecule has 0 saturated heterocycles. The molecule has 0 unspecified atom stereocenters. The van der Waals surface area contributed by atoms with Crippen LogP contribution >= 0.6 is 23.1 Å². The van der Waals surface area contributed by atoms with Crippen LogP contribution in [0.3, 0.4) is 0 Å². The van der Waals surface area contributed by atoms with Crippen LogP contribution in [0.5, 0.6) is 5.75 Å². The molecule has 0 atom stereocenters. The highest BCUT2D eigenvalue weighted by Gasteiger charge is 2.16. The first-order chi connectivity index (χ1) is 16.4. The standard InChI is InChI=1S/C28H30N2O2S2/c1-28(2,3)21-10-12-22(13-11-21)32-14-15-33-27-29-25(31)24-23(17-34-26(24)30-27)20-9-8-18-6-4-5-7-19(18)16-20/h8-13,16-17H,4-7,14-15H2,1-3H3,(H,29,30,31). The van der Waals surface area contributed by atoms with Crippen LogP contribution in [0.2, 0.25) is 0 Å². The van der Waals surface area contributed by atoms with Gasteiger partial charge in [-0.25, -0.2) is 4.98 Å². The molecule has 0 bridgehead atoms. The molecule has 0 fully saturated rings. The molecule has 2 aromatic carbocycles. The predicted octanol–water partition coefficient (Wildman–Crippen LogP) is 7.00. The molecule has 2 aromatic heterocycles. The average Bonchev–Trinajstić information content (AvgIpc) is 3.26. The summed E-state index contributed by atoms with van der Waals surface area (Å²) in [5.74, 6) is 1.57. The minimum absolute atomic E-state index is 0.0693. The van der Waals surface area contributed by atoms with Crippen LogP contribution in [0, 0.1) is 0 Å². The summed E-state index contributed by atoms with van der Waals surface area (Å²) in [6.45, 7) is 7.15. The fraction of sp³-hybridized carbons (Fsp3) is 0.357. The second-order valence-electron chi connectivity index (χ2n) is 9.86. The zero-order chi connectivity index (χ0) is 23.7. The molecule has 1 N–H and O–H groups in total. The van der Waals surface area contributed by atoms with Crippen molar-refractivity contribution in [2.75, 3.05) is 12.4 Å². The Kier molecular flexibility index (Phi) is 6.54. The monoisotopic (exact) mass is 490 g/mol. The molecular weight excluding hydrogens is 460 g/mol. The van der Waals surface area contributed by atoms with Gasteiger partial charge < -0.3 is 9.72 Å². The van der Waals surface area contributed by atoms with E-state index in [0.717, 1.165) is 34.5 Å². The number of thiophene rings is 1. The maximum Gasteiger partial charge on any atom is 0.260 e. The van der Waals surface area contributed by atoms with Crippen LogP contribution in [0.1, 0.15) is 50.3 Å². The Labute approximate surface area is 208 Å².